The number of hydrogen-bond donors (Lipinski definition) is 3. The molecule has 8 heteroatoms. The van der Waals surface area contributed by atoms with Crippen LogP contribution in [0.1, 0.15) is 35.3 Å². The molecule has 4 aromatic rings. The van der Waals surface area contributed by atoms with Crippen molar-refractivity contribution in [2.24, 2.45) is 0 Å². The number of pyridine rings is 1. The SMILES string of the molecule is CCS(=O)(=O)c1cccc(-c2cc(C(=O)NC[C@@H](C)O)c(C)c3[nH]c4ncc(C)cc4c23)c1. The number of H-pyrrole nitrogens is 1. The summed E-state index contributed by atoms with van der Waals surface area (Å²) in [5.41, 5.74) is 5.10. The molecule has 7 nitrogen and oxygen atoms in total. The molecule has 0 unspecified atom stereocenters. The van der Waals surface area contributed by atoms with Crippen molar-refractivity contribution in [1.29, 1.82) is 0 Å². The molecular weight excluding hydrogens is 438 g/mol. The Balaban J connectivity index is 2.04. The fraction of sp³-hybridized carbons (Fsp3) is 0.280. The Morgan fingerprint density at radius 1 is 1.21 bits per heavy atom. The van der Waals surface area contributed by atoms with Crippen LogP contribution in [0, 0.1) is 13.8 Å². The molecule has 0 spiro atoms. The number of aliphatic hydroxyl groups is 1. The number of fused-ring (bicyclic) bond motifs is 3. The van der Waals surface area contributed by atoms with Gasteiger partial charge < -0.3 is 15.4 Å². The zero-order valence-corrected chi connectivity index (χ0v) is 19.9. The van der Waals surface area contributed by atoms with Crippen LogP contribution in [0.2, 0.25) is 0 Å². The van der Waals surface area contributed by atoms with Gasteiger partial charge in [0.2, 0.25) is 0 Å². The predicted molar refractivity (Wildman–Crippen MR) is 130 cm³/mol. The lowest BCUT2D eigenvalue weighted by molar-refractivity contribution is 0.0923. The molecule has 3 N–H and O–H groups in total. The zero-order valence-electron chi connectivity index (χ0n) is 19.1. The molecule has 2 heterocycles. The number of aliphatic hydroxyl groups excluding tert-OH is 1. The third-order valence-electron chi connectivity index (χ3n) is 5.81. The lowest BCUT2D eigenvalue weighted by Gasteiger charge is -2.14. The molecule has 0 fully saturated rings. The number of hydrogen-bond acceptors (Lipinski definition) is 5. The van der Waals surface area contributed by atoms with E-state index in [0.29, 0.717) is 16.8 Å². The molecule has 0 aliphatic carbocycles. The highest BCUT2D eigenvalue weighted by molar-refractivity contribution is 7.91. The second kappa shape index (κ2) is 8.61. The van der Waals surface area contributed by atoms with E-state index in [9.17, 15) is 18.3 Å². The minimum Gasteiger partial charge on any atom is -0.392 e. The first-order chi connectivity index (χ1) is 15.6. The third kappa shape index (κ3) is 4.24. The van der Waals surface area contributed by atoms with Crippen LogP contribution >= 0.6 is 0 Å². The zero-order chi connectivity index (χ0) is 23.9. The van der Waals surface area contributed by atoms with Crippen LogP contribution in [0.15, 0.2) is 47.5 Å². The first-order valence-corrected chi connectivity index (χ1v) is 12.5. The van der Waals surface area contributed by atoms with Gasteiger partial charge in [0.25, 0.3) is 5.91 Å². The highest BCUT2D eigenvalue weighted by Gasteiger charge is 2.21. The van der Waals surface area contributed by atoms with Crippen molar-refractivity contribution in [2.45, 2.75) is 38.7 Å². The predicted octanol–water partition coefficient (Wildman–Crippen LogP) is 3.90. The Morgan fingerprint density at radius 3 is 2.67 bits per heavy atom. The fourth-order valence-electron chi connectivity index (χ4n) is 4.02. The standard InChI is InChI=1S/C25H27N3O4S/c1-5-33(31,32)18-8-6-7-17(10-18)20-11-19(25(30)27-13-15(3)29)16(4)23-22(20)21-9-14(2)12-26-24(21)28-23/h6-12,15,29H,5,13H2,1-4H3,(H,26,28)(H,27,30)/t15-/m1/s1. The second-order valence-electron chi connectivity index (χ2n) is 8.37. The summed E-state index contributed by atoms with van der Waals surface area (Å²) in [5.74, 6) is -0.306. The Kier molecular flexibility index (Phi) is 5.99. The van der Waals surface area contributed by atoms with Crippen LogP contribution in [0.5, 0.6) is 0 Å². The maximum absolute atomic E-state index is 13.0. The van der Waals surface area contributed by atoms with Crippen molar-refractivity contribution in [3.63, 3.8) is 0 Å². The third-order valence-corrected chi connectivity index (χ3v) is 7.54. The molecule has 0 radical (unpaired) electrons. The summed E-state index contributed by atoms with van der Waals surface area (Å²) < 4.78 is 25.1. The van der Waals surface area contributed by atoms with Gasteiger partial charge in [-0.25, -0.2) is 13.4 Å². The number of aromatic amines is 1. The minimum atomic E-state index is -3.40. The van der Waals surface area contributed by atoms with Gasteiger partial charge in [-0.3, -0.25) is 4.79 Å². The first-order valence-electron chi connectivity index (χ1n) is 10.8. The number of carbonyl (C=O) groups excluding carboxylic acids is 1. The van der Waals surface area contributed by atoms with E-state index in [0.717, 1.165) is 33.0 Å². The Labute approximate surface area is 192 Å². The van der Waals surface area contributed by atoms with E-state index in [1.54, 1.807) is 44.3 Å². The van der Waals surface area contributed by atoms with Gasteiger partial charge in [0.05, 0.1) is 22.3 Å². The van der Waals surface area contributed by atoms with Gasteiger partial charge in [-0.2, -0.15) is 0 Å². The lowest BCUT2D eigenvalue weighted by atomic mass is 9.93. The van der Waals surface area contributed by atoms with Gasteiger partial charge in [0.15, 0.2) is 9.84 Å². The molecule has 172 valence electrons. The van der Waals surface area contributed by atoms with Crippen molar-refractivity contribution in [2.75, 3.05) is 12.3 Å². The topological polar surface area (TPSA) is 112 Å². The van der Waals surface area contributed by atoms with Crippen LogP contribution in [0.3, 0.4) is 0 Å². The van der Waals surface area contributed by atoms with Crippen LogP contribution in [-0.2, 0) is 9.84 Å². The largest absolute Gasteiger partial charge is 0.392 e. The molecule has 33 heavy (non-hydrogen) atoms. The van der Waals surface area contributed by atoms with Crippen LogP contribution in [0.4, 0.5) is 0 Å². The van der Waals surface area contributed by atoms with Crippen molar-refractivity contribution in [3.8, 4) is 11.1 Å². The number of carbonyl (C=O) groups is 1. The summed E-state index contributed by atoms with van der Waals surface area (Å²) in [5, 5.41) is 14.1. The van der Waals surface area contributed by atoms with E-state index in [1.807, 2.05) is 26.0 Å². The first kappa shape index (κ1) is 22.9. The Hall–Kier alpha value is -3.23. The number of benzene rings is 2. The van der Waals surface area contributed by atoms with Gasteiger partial charge in [0.1, 0.15) is 5.65 Å². The summed E-state index contributed by atoms with van der Waals surface area (Å²) in [6.45, 7) is 7.18. The second-order valence-corrected chi connectivity index (χ2v) is 10.6. The molecule has 0 saturated heterocycles. The summed E-state index contributed by atoms with van der Waals surface area (Å²) in [6.07, 6.45) is 1.10. The number of nitrogens with one attached hydrogen (secondary N) is 2. The number of nitrogens with zero attached hydrogens (tertiary/aromatic N) is 1. The average Bonchev–Trinajstić information content (AvgIpc) is 3.17. The number of rotatable bonds is 6. The van der Waals surface area contributed by atoms with E-state index in [-0.39, 0.29) is 23.1 Å². The van der Waals surface area contributed by atoms with Crippen molar-refractivity contribution in [3.05, 3.63) is 59.3 Å². The Morgan fingerprint density at radius 2 is 1.97 bits per heavy atom. The van der Waals surface area contributed by atoms with Crippen LogP contribution in [-0.4, -0.2) is 47.8 Å². The Bertz CT molecular complexity index is 1490. The van der Waals surface area contributed by atoms with Gasteiger partial charge in [-0.05, 0) is 67.3 Å². The number of amides is 1. The normalized spacial score (nSPS) is 12.9. The molecule has 1 amide bonds. The average molecular weight is 466 g/mol. The van der Waals surface area contributed by atoms with Crippen LogP contribution in [0.25, 0.3) is 33.1 Å². The summed E-state index contributed by atoms with van der Waals surface area (Å²) in [4.78, 5) is 21.1. The molecule has 2 aromatic heterocycles. The molecule has 0 saturated carbocycles. The van der Waals surface area contributed by atoms with Crippen molar-refractivity contribution in [1.82, 2.24) is 15.3 Å². The highest BCUT2D eigenvalue weighted by Crippen LogP contribution is 2.38. The number of aryl methyl sites for hydroxylation is 2. The van der Waals surface area contributed by atoms with Gasteiger partial charge in [-0.1, -0.05) is 19.1 Å². The summed E-state index contributed by atoms with van der Waals surface area (Å²) >= 11 is 0. The number of aromatic nitrogens is 2. The van der Waals surface area contributed by atoms with E-state index >= 15 is 0 Å². The van der Waals surface area contributed by atoms with Gasteiger partial charge in [-0.15, -0.1) is 0 Å². The highest BCUT2D eigenvalue weighted by atomic mass is 32.2. The molecule has 0 aliphatic rings. The van der Waals surface area contributed by atoms with Crippen molar-refractivity contribution >= 4 is 37.7 Å². The van der Waals surface area contributed by atoms with E-state index in [4.69, 9.17) is 0 Å². The van der Waals surface area contributed by atoms with Crippen molar-refractivity contribution < 1.29 is 18.3 Å². The maximum Gasteiger partial charge on any atom is 0.251 e. The summed E-state index contributed by atoms with van der Waals surface area (Å²) in [7, 11) is -3.40. The maximum atomic E-state index is 13.0. The smallest absolute Gasteiger partial charge is 0.251 e. The van der Waals surface area contributed by atoms with E-state index in [1.165, 1.54) is 0 Å². The molecule has 1 atom stereocenters. The molecule has 0 aliphatic heterocycles. The molecular formula is C25H27N3O4S. The van der Waals surface area contributed by atoms with Gasteiger partial charge >= 0.3 is 0 Å². The van der Waals surface area contributed by atoms with Crippen LogP contribution < -0.4 is 5.32 Å². The van der Waals surface area contributed by atoms with E-state index < -0.39 is 15.9 Å². The van der Waals surface area contributed by atoms with Gasteiger partial charge in [0, 0.05) is 29.1 Å². The molecule has 0 bridgehead atoms. The minimum absolute atomic E-state index is 0.00294. The lowest BCUT2D eigenvalue weighted by Crippen LogP contribution is -2.31. The molecule has 2 aromatic carbocycles. The molecule has 4 rings (SSSR count). The fourth-order valence-corrected chi connectivity index (χ4v) is 4.94. The summed E-state index contributed by atoms with van der Waals surface area (Å²) in [6, 6.07) is 10.6. The quantitative estimate of drug-likeness (QED) is 0.400. The monoisotopic (exact) mass is 465 g/mol. The van der Waals surface area contributed by atoms with E-state index in [2.05, 4.69) is 15.3 Å². The number of sulfone groups is 1.